The minimum Gasteiger partial charge on any atom is -0.423 e. The number of nitrogens with zero attached hydrogens (tertiary/aromatic N) is 5. The second kappa shape index (κ2) is 35.2. The quantitative estimate of drug-likeness (QED) is 0.218. The molecule has 20 radical (unpaired) electrons. The highest BCUT2D eigenvalue weighted by Crippen LogP contribution is 2.43. The number of aromatic nitrogens is 3. The van der Waals surface area contributed by atoms with Crippen molar-refractivity contribution < 1.29 is 33.1 Å². The predicted molar refractivity (Wildman–Crippen MR) is 367 cm³/mol. The van der Waals surface area contributed by atoms with Crippen LogP contribution in [0.5, 0.6) is 0 Å². The lowest BCUT2D eigenvalue weighted by molar-refractivity contribution is 0.00578. The van der Waals surface area contributed by atoms with E-state index in [1.807, 2.05) is 73.7 Å². The summed E-state index contributed by atoms with van der Waals surface area (Å²) in [7, 11) is 54.3. The zero-order valence-electron chi connectivity index (χ0n) is 48.4. The van der Waals surface area contributed by atoms with Crippen molar-refractivity contribution in [2.75, 3.05) is 22.9 Å². The summed E-state index contributed by atoms with van der Waals surface area (Å²) >= 11 is 6.50. The van der Waals surface area contributed by atoms with Crippen LogP contribution in [0.4, 0.5) is 16.0 Å². The molecular formula is C44H72B21Br2ClFN5O6. The maximum Gasteiger partial charge on any atom is 0.490 e. The van der Waals surface area contributed by atoms with Gasteiger partial charge >= 0.3 is 21.1 Å². The van der Waals surface area contributed by atoms with Crippen LogP contribution in [0.25, 0.3) is 0 Å². The maximum atomic E-state index is 12.0. The van der Waals surface area contributed by atoms with Crippen molar-refractivity contribution in [1.82, 2.24) is 15.0 Å². The third-order valence-electron chi connectivity index (χ3n) is 15.7. The van der Waals surface area contributed by atoms with E-state index in [-0.39, 0.29) is 42.2 Å². The van der Waals surface area contributed by atoms with Crippen LogP contribution in [0.15, 0.2) is 63.9 Å². The molecule has 0 aromatic carbocycles. The number of halogens is 4. The van der Waals surface area contributed by atoms with Crippen molar-refractivity contribution in [2.45, 2.75) is 169 Å². The van der Waals surface area contributed by atoms with Gasteiger partial charge in [-0.3, -0.25) is 0 Å². The smallest absolute Gasteiger partial charge is 0.423 e. The molecule has 0 amide bonds. The highest BCUT2D eigenvalue weighted by molar-refractivity contribution is 9.10. The van der Waals surface area contributed by atoms with E-state index in [9.17, 15) is 4.39 Å². The van der Waals surface area contributed by atoms with Gasteiger partial charge in [0.15, 0.2) is 0 Å². The van der Waals surface area contributed by atoms with Gasteiger partial charge in [0, 0.05) is 187 Å². The molecule has 0 spiro atoms. The molecule has 3 aromatic rings. The highest BCUT2D eigenvalue weighted by Gasteiger charge is 2.63. The Morgan fingerprint density at radius 1 is 0.525 bits per heavy atom. The summed E-state index contributed by atoms with van der Waals surface area (Å²) < 4.78 is 37.6. The van der Waals surface area contributed by atoms with E-state index in [2.05, 4.69) is 83.4 Å². The minimum absolute atomic E-state index is 0. The van der Waals surface area contributed by atoms with E-state index in [4.69, 9.17) is 106 Å². The molecule has 4 saturated heterocycles. The zero-order chi connectivity index (χ0) is 59.1. The van der Waals surface area contributed by atoms with E-state index >= 15 is 0 Å². The predicted octanol–water partition coefficient (Wildman–Crippen LogP) is 3.22. The van der Waals surface area contributed by atoms with E-state index in [1.54, 1.807) is 12.1 Å². The molecule has 11 nitrogen and oxygen atoms in total. The Bertz CT molecular complexity index is 2080. The summed E-state index contributed by atoms with van der Waals surface area (Å²) in [6.07, 6.45) is 9.68. The molecule has 7 heterocycles. The Balaban J connectivity index is 0.000000491. The molecule has 2 unspecified atom stereocenters. The van der Waals surface area contributed by atoms with Gasteiger partial charge in [-0.1, -0.05) is 46.1 Å². The van der Waals surface area contributed by atoms with Gasteiger partial charge in [-0.25, -0.2) is 15.0 Å². The fourth-order valence-electron chi connectivity index (χ4n) is 9.60. The van der Waals surface area contributed by atoms with Gasteiger partial charge in [0.1, 0.15) is 11.6 Å². The maximum absolute atomic E-state index is 12.0. The lowest BCUT2D eigenvalue weighted by atomic mass is 8.41. The SMILES string of the molecule is C.CC1(C)OB(B2OC(C)(C)C(C)(C)O2)OC1(C)C.CC1CCCC1.CC1CCCN1c1ccc(B(O)O)cn1.CC1CCCN1c1ccc(Br)cn1.Cl.Fc1ccc(Br)cn1.[B]B([B])B(B([B])[B])B(B([B])[B])B(B([B])[B])B([B])[B]. The van der Waals surface area contributed by atoms with Crippen LogP contribution in [0.1, 0.15) is 135 Å². The Morgan fingerprint density at radius 3 is 1.09 bits per heavy atom. The standard InChI is InChI=1S/C12H24B2O4.C10H15BN2O2.C10H13BrN2.C6H12.C5H3BrFN.CH4.B18.ClH/c1-9(2)10(3,4)16-13(15-9)14-17-11(5,6)12(7,8)18-14;1-8-3-2-6-13(8)10-5-4-9(7-12-10)11(14)15;1-8-3-2-6-13(8)10-5-4-9(11)7-12-10;1-6-4-2-3-5-6;6-4-1-2-5(7)8-3-4;;1-11(2)16(12(3)4)18(15(9)10)17(13(5)6)14(7)8;/h1-8H3;4-5,7-8,14-15H,2-3,6H2,1H3;4-5,7-8H,2-3,6H2,1H3;6H,2-5H2,1H3;1-3H;1H4;;1H. The molecule has 2 N–H and O–H groups in total. The van der Waals surface area contributed by atoms with Gasteiger partial charge in [0.25, 0.3) is 0 Å². The van der Waals surface area contributed by atoms with Gasteiger partial charge < -0.3 is 38.5 Å². The lowest BCUT2D eigenvalue weighted by Gasteiger charge is -2.40. The first-order valence-corrected chi connectivity index (χ1v) is 28.7. The third-order valence-corrected chi connectivity index (χ3v) is 16.6. The van der Waals surface area contributed by atoms with E-state index in [0.29, 0.717) is 17.5 Å². The Morgan fingerprint density at radius 2 is 0.863 bits per heavy atom. The average molecular weight is 1210 g/mol. The molecule has 4 aliphatic heterocycles. The molecule has 5 fully saturated rings. The van der Waals surface area contributed by atoms with Crippen molar-refractivity contribution >= 4 is 211 Å². The molecule has 400 valence electrons. The molecule has 80 heavy (non-hydrogen) atoms. The molecule has 8 rings (SSSR count). The van der Waals surface area contributed by atoms with Crippen molar-refractivity contribution in [3.8, 4) is 0 Å². The molecule has 3 aromatic heterocycles. The molecule has 2 atom stereocenters. The second-order valence-electron chi connectivity index (χ2n) is 23.1. The summed E-state index contributed by atoms with van der Waals surface area (Å²) in [6, 6.07) is 11.7. The summed E-state index contributed by atoms with van der Waals surface area (Å²) in [5.74, 6) is 2.62. The van der Waals surface area contributed by atoms with E-state index in [0.717, 1.165) is 39.6 Å². The number of anilines is 2. The average Bonchev–Trinajstić information content (AvgIpc) is 4.18. The number of pyridine rings is 3. The molecule has 1 saturated carbocycles. The number of rotatable bonds is 11. The normalized spacial score (nSPS) is 19.6. The van der Waals surface area contributed by atoms with Crippen molar-refractivity contribution in [2.24, 2.45) is 5.92 Å². The summed E-state index contributed by atoms with van der Waals surface area (Å²) in [5, 5.41) is 17.9. The van der Waals surface area contributed by atoms with Gasteiger partial charge in [0.2, 0.25) is 5.95 Å². The van der Waals surface area contributed by atoms with Gasteiger partial charge in [-0.2, -0.15) is 4.39 Å². The van der Waals surface area contributed by atoms with Crippen molar-refractivity contribution in [3.63, 3.8) is 0 Å². The highest BCUT2D eigenvalue weighted by atomic mass is 79.9. The second-order valence-corrected chi connectivity index (χ2v) is 24.9. The van der Waals surface area contributed by atoms with Crippen LogP contribution in [0.2, 0.25) is 0 Å². The van der Waals surface area contributed by atoms with Crippen LogP contribution >= 0.6 is 44.3 Å². The van der Waals surface area contributed by atoms with Crippen LogP contribution in [-0.4, -0.2) is 222 Å². The van der Waals surface area contributed by atoms with E-state index < -0.39 is 78.2 Å². The van der Waals surface area contributed by atoms with Crippen LogP contribution in [-0.2, 0) is 18.6 Å². The number of hydrogen-bond acceptors (Lipinski definition) is 11. The molecule has 1 aliphatic carbocycles. The Hall–Kier alpha value is -0.646. The van der Waals surface area contributed by atoms with E-state index in [1.165, 1.54) is 69.8 Å². The molecular weight excluding hydrogens is 1140 g/mol. The fourth-order valence-corrected chi connectivity index (χ4v) is 10.1. The van der Waals surface area contributed by atoms with Crippen LogP contribution in [0.3, 0.4) is 0 Å². The fraction of sp³-hybridized carbons (Fsp3) is 0.659. The summed E-state index contributed by atoms with van der Waals surface area (Å²) in [6.45, 7) is 25.2. The Labute approximate surface area is 523 Å². The third kappa shape index (κ3) is 23.6. The van der Waals surface area contributed by atoms with Gasteiger partial charge in [0.05, 0.1) is 22.4 Å². The number of hydrogen-bond donors (Lipinski definition) is 2. The monoisotopic (exact) mass is 1210 g/mol. The largest absolute Gasteiger partial charge is 0.490 e. The van der Waals surface area contributed by atoms with Crippen LogP contribution < -0.4 is 15.3 Å². The minimum atomic E-state index is -1.43. The van der Waals surface area contributed by atoms with Crippen molar-refractivity contribution in [1.29, 1.82) is 0 Å². The molecule has 0 bridgehead atoms. The topological polar surface area (TPSA) is 123 Å². The van der Waals surface area contributed by atoms with Gasteiger partial charge in [-0.05, 0) is 163 Å². The summed E-state index contributed by atoms with van der Waals surface area (Å²) in [5.41, 5.74) is -1.00. The molecule has 36 heteroatoms. The van der Waals surface area contributed by atoms with Crippen LogP contribution in [0, 0.1) is 11.9 Å². The first-order valence-electron chi connectivity index (χ1n) is 27.1. The summed E-state index contributed by atoms with van der Waals surface area (Å²) in [4.78, 5) is 16.6. The molecule has 5 aliphatic rings. The van der Waals surface area contributed by atoms with Gasteiger partial charge in [-0.15, -0.1) is 12.4 Å². The zero-order valence-corrected chi connectivity index (χ0v) is 52.4. The first kappa shape index (κ1) is 77.4. The van der Waals surface area contributed by atoms with Crippen molar-refractivity contribution in [3.05, 3.63) is 69.9 Å². The first-order chi connectivity index (χ1) is 36.1. The Kier molecular flexibility index (Phi) is 34.1. The lowest BCUT2D eigenvalue weighted by Crippen LogP contribution is -2.78.